The molecule has 0 spiro atoms. The molecule has 0 radical (unpaired) electrons. The number of anilines is 1. The average Bonchev–Trinajstić information content (AvgIpc) is 2.53. The number of benzene rings is 1. The maximum absolute atomic E-state index is 13.3. The number of carbonyl (C=O) groups excluding carboxylic acids is 1. The summed E-state index contributed by atoms with van der Waals surface area (Å²) in [4.78, 5) is 13.8. The van der Waals surface area contributed by atoms with E-state index < -0.39 is 0 Å². The summed E-state index contributed by atoms with van der Waals surface area (Å²) in [6.45, 7) is 0. The van der Waals surface area contributed by atoms with E-state index in [1.807, 2.05) is 0 Å². The summed E-state index contributed by atoms with van der Waals surface area (Å²) >= 11 is 9.55. The van der Waals surface area contributed by atoms with Crippen LogP contribution in [-0.4, -0.2) is 17.9 Å². The molecule has 2 bridgehead atoms. The topological polar surface area (TPSA) is 20.3 Å². The number of carbonyl (C=O) groups is 1. The van der Waals surface area contributed by atoms with Gasteiger partial charge in [0, 0.05) is 29.4 Å². The summed E-state index contributed by atoms with van der Waals surface area (Å²) in [5.41, 5.74) is 0.832. The molecule has 3 rings (SSSR count). The highest BCUT2D eigenvalue weighted by atomic mass is 79.9. The van der Waals surface area contributed by atoms with Gasteiger partial charge in [-0.05, 0) is 40.9 Å². The number of hydrogen-bond donors (Lipinski definition) is 0. The molecule has 2 atom stereocenters. The molecule has 96 valence electrons. The fraction of sp³-hybridized carbons (Fsp3) is 0.462. The molecule has 5 heteroatoms. The van der Waals surface area contributed by atoms with Gasteiger partial charge in [0.05, 0.1) is 10.7 Å². The van der Waals surface area contributed by atoms with E-state index in [2.05, 4.69) is 20.8 Å². The molecule has 1 aromatic carbocycles. The van der Waals surface area contributed by atoms with Gasteiger partial charge >= 0.3 is 0 Å². The highest BCUT2D eigenvalue weighted by molar-refractivity contribution is 9.10. The van der Waals surface area contributed by atoms with Crippen LogP contribution in [0.2, 0.25) is 5.02 Å². The third-order valence-electron chi connectivity index (χ3n) is 3.79. The first kappa shape index (κ1) is 12.4. The predicted octanol–water partition coefficient (Wildman–Crippen LogP) is 3.94. The molecule has 0 aromatic heterocycles. The van der Waals surface area contributed by atoms with Crippen molar-refractivity contribution < 1.29 is 9.18 Å². The Morgan fingerprint density at radius 1 is 1.28 bits per heavy atom. The first-order chi connectivity index (χ1) is 8.56. The summed E-state index contributed by atoms with van der Waals surface area (Å²) in [5.74, 6) is -0.0239. The second-order valence-electron chi connectivity index (χ2n) is 4.96. The standard InChI is InChI=1S/C13H12BrClFNO/c14-11-3-7(16)4-12(15)13(11)17-8-1-2-9(17)6-10(18)5-8/h3-4,8-9H,1-2,5-6H2. The summed E-state index contributed by atoms with van der Waals surface area (Å²) in [6, 6.07) is 3.19. The lowest BCUT2D eigenvalue weighted by Crippen LogP contribution is -2.43. The lowest BCUT2D eigenvalue weighted by atomic mass is 10.0. The molecule has 18 heavy (non-hydrogen) atoms. The number of ketones is 1. The zero-order chi connectivity index (χ0) is 12.9. The van der Waals surface area contributed by atoms with E-state index in [-0.39, 0.29) is 17.9 Å². The number of hydrogen-bond acceptors (Lipinski definition) is 2. The van der Waals surface area contributed by atoms with Gasteiger partial charge in [-0.25, -0.2) is 4.39 Å². The molecule has 2 nitrogen and oxygen atoms in total. The van der Waals surface area contributed by atoms with Gasteiger partial charge in [0.15, 0.2) is 0 Å². The van der Waals surface area contributed by atoms with Crippen molar-refractivity contribution in [2.45, 2.75) is 37.8 Å². The van der Waals surface area contributed by atoms with Crippen LogP contribution < -0.4 is 4.90 Å². The van der Waals surface area contributed by atoms with Crippen molar-refractivity contribution in [1.82, 2.24) is 0 Å². The number of Topliss-reactive ketones (excluding diaryl/α,β-unsaturated/α-hetero) is 1. The van der Waals surface area contributed by atoms with E-state index in [9.17, 15) is 9.18 Å². The Morgan fingerprint density at radius 3 is 2.44 bits per heavy atom. The van der Waals surface area contributed by atoms with E-state index in [1.54, 1.807) is 0 Å². The van der Waals surface area contributed by atoms with Gasteiger partial charge in [-0.3, -0.25) is 4.79 Å². The van der Waals surface area contributed by atoms with Crippen molar-refractivity contribution in [3.63, 3.8) is 0 Å². The van der Waals surface area contributed by atoms with E-state index >= 15 is 0 Å². The van der Waals surface area contributed by atoms with Gasteiger partial charge in [0.25, 0.3) is 0 Å². The molecule has 2 heterocycles. The van der Waals surface area contributed by atoms with Crippen molar-refractivity contribution in [2.75, 3.05) is 4.90 Å². The van der Waals surface area contributed by atoms with Gasteiger partial charge < -0.3 is 4.90 Å². The molecule has 2 saturated heterocycles. The number of fused-ring (bicyclic) bond motifs is 2. The zero-order valence-corrected chi connectivity index (χ0v) is 12.0. The SMILES string of the molecule is O=C1CC2CCC(C1)N2c1c(Cl)cc(F)cc1Br. The van der Waals surface area contributed by atoms with Crippen LogP contribution in [0, 0.1) is 5.82 Å². The number of rotatable bonds is 1. The van der Waals surface area contributed by atoms with Crippen LogP contribution in [0.4, 0.5) is 10.1 Å². The molecule has 1 aromatic rings. The first-order valence-electron chi connectivity index (χ1n) is 6.01. The second-order valence-corrected chi connectivity index (χ2v) is 6.22. The maximum atomic E-state index is 13.3. The fourth-order valence-electron chi connectivity index (χ4n) is 3.12. The summed E-state index contributed by atoms with van der Waals surface area (Å²) in [7, 11) is 0. The van der Waals surface area contributed by atoms with Crippen molar-refractivity contribution in [2.24, 2.45) is 0 Å². The van der Waals surface area contributed by atoms with E-state index in [4.69, 9.17) is 11.6 Å². The Kier molecular flexibility index (Phi) is 3.10. The molecule has 2 fully saturated rings. The predicted molar refractivity (Wildman–Crippen MR) is 72.6 cm³/mol. The van der Waals surface area contributed by atoms with Crippen LogP contribution in [0.25, 0.3) is 0 Å². The number of halogens is 3. The quantitative estimate of drug-likeness (QED) is 0.776. The third-order valence-corrected chi connectivity index (χ3v) is 4.68. The van der Waals surface area contributed by atoms with E-state index in [0.29, 0.717) is 28.1 Å². The highest BCUT2D eigenvalue weighted by Crippen LogP contribution is 2.44. The normalized spacial score (nSPS) is 26.8. The number of piperidine rings is 1. The van der Waals surface area contributed by atoms with Gasteiger partial charge in [-0.2, -0.15) is 0 Å². The fourth-order valence-corrected chi connectivity index (χ4v) is 4.17. The minimum Gasteiger partial charge on any atom is -0.363 e. The van der Waals surface area contributed by atoms with Crippen LogP contribution in [-0.2, 0) is 4.79 Å². The molecular formula is C13H12BrClFNO. The van der Waals surface area contributed by atoms with E-state index in [0.717, 1.165) is 18.5 Å². The molecule has 2 unspecified atom stereocenters. The smallest absolute Gasteiger partial charge is 0.137 e. The monoisotopic (exact) mass is 331 g/mol. The molecule has 0 aliphatic carbocycles. The average molecular weight is 333 g/mol. The summed E-state index contributed by atoms with van der Waals surface area (Å²) in [6.07, 6.45) is 3.18. The summed E-state index contributed by atoms with van der Waals surface area (Å²) < 4.78 is 13.9. The molecule has 0 saturated carbocycles. The number of nitrogens with zero attached hydrogens (tertiary/aromatic N) is 1. The van der Waals surface area contributed by atoms with Crippen molar-refractivity contribution in [3.05, 3.63) is 27.4 Å². The molecule has 0 amide bonds. The third kappa shape index (κ3) is 1.95. The lowest BCUT2D eigenvalue weighted by Gasteiger charge is -2.37. The van der Waals surface area contributed by atoms with Crippen LogP contribution in [0.3, 0.4) is 0 Å². The largest absolute Gasteiger partial charge is 0.363 e. The van der Waals surface area contributed by atoms with Crippen molar-refractivity contribution in [1.29, 1.82) is 0 Å². The second kappa shape index (κ2) is 4.49. The van der Waals surface area contributed by atoms with E-state index in [1.165, 1.54) is 12.1 Å². The van der Waals surface area contributed by atoms with Gasteiger partial charge in [0.1, 0.15) is 11.6 Å². The molecule has 0 N–H and O–H groups in total. The van der Waals surface area contributed by atoms with Crippen LogP contribution in [0.5, 0.6) is 0 Å². The lowest BCUT2D eigenvalue weighted by molar-refractivity contribution is -0.120. The Labute approximate surface area is 118 Å². The van der Waals surface area contributed by atoms with Crippen LogP contribution in [0.1, 0.15) is 25.7 Å². The first-order valence-corrected chi connectivity index (χ1v) is 7.18. The molecule has 2 aliphatic heterocycles. The van der Waals surface area contributed by atoms with Crippen LogP contribution in [0.15, 0.2) is 16.6 Å². The Morgan fingerprint density at radius 2 is 1.89 bits per heavy atom. The minimum absolute atomic E-state index is 0.218. The highest BCUT2D eigenvalue weighted by Gasteiger charge is 2.41. The van der Waals surface area contributed by atoms with Gasteiger partial charge in [-0.15, -0.1) is 0 Å². The van der Waals surface area contributed by atoms with Crippen molar-refractivity contribution >= 4 is 39.0 Å². The van der Waals surface area contributed by atoms with Gasteiger partial charge in [0.2, 0.25) is 0 Å². The Bertz CT molecular complexity index is 483. The Hall–Kier alpha value is -0.610. The maximum Gasteiger partial charge on any atom is 0.137 e. The Balaban J connectivity index is 2.04. The van der Waals surface area contributed by atoms with Crippen LogP contribution >= 0.6 is 27.5 Å². The van der Waals surface area contributed by atoms with Crippen molar-refractivity contribution in [3.8, 4) is 0 Å². The summed E-state index contributed by atoms with van der Waals surface area (Å²) in [5, 5.41) is 0.410. The zero-order valence-electron chi connectivity index (χ0n) is 9.63. The van der Waals surface area contributed by atoms with Gasteiger partial charge in [-0.1, -0.05) is 11.6 Å². The molecule has 2 aliphatic rings. The molecular weight excluding hydrogens is 321 g/mol. The minimum atomic E-state index is -0.351.